The zero-order chi connectivity index (χ0) is 13.0. The summed E-state index contributed by atoms with van der Waals surface area (Å²) in [6.45, 7) is 10.8. The van der Waals surface area contributed by atoms with E-state index in [4.69, 9.17) is 0 Å². The number of aldehydes is 1. The van der Waals surface area contributed by atoms with Gasteiger partial charge in [-0.05, 0) is 10.8 Å². The van der Waals surface area contributed by atoms with Gasteiger partial charge in [-0.3, -0.25) is 4.79 Å². The molecule has 0 aromatic heterocycles. The van der Waals surface area contributed by atoms with Gasteiger partial charge in [-0.25, -0.2) is 0 Å². The third-order valence-corrected chi connectivity index (χ3v) is 2.41. The van der Waals surface area contributed by atoms with Crippen molar-refractivity contribution in [2.24, 2.45) is 10.8 Å². The predicted molar refractivity (Wildman–Crippen MR) is 66.2 cm³/mol. The van der Waals surface area contributed by atoms with Gasteiger partial charge in [0.05, 0.1) is 0 Å². The van der Waals surface area contributed by atoms with Crippen molar-refractivity contribution in [3.05, 3.63) is 0 Å². The summed E-state index contributed by atoms with van der Waals surface area (Å²) in [5.74, 6) is 0.145. The topological polar surface area (TPSA) is 37.4 Å². The molecule has 0 fully saturated rings. The molecule has 1 amide bonds. The summed E-state index contributed by atoms with van der Waals surface area (Å²) in [5.41, 5.74) is -0.121. The Bertz CT molecular complexity index is 251. The monoisotopic (exact) mass is 227 g/mol. The summed E-state index contributed by atoms with van der Waals surface area (Å²) < 4.78 is 0. The van der Waals surface area contributed by atoms with Crippen molar-refractivity contribution in [1.82, 2.24) is 4.90 Å². The van der Waals surface area contributed by atoms with Crippen LogP contribution in [0.1, 0.15) is 47.5 Å². The lowest BCUT2D eigenvalue weighted by Crippen LogP contribution is -2.37. The van der Waals surface area contributed by atoms with E-state index in [1.807, 2.05) is 13.8 Å². The van der Waals surface area contributed by atoms with Crippen molar-refractivity contribution in [1.29, 1.82) is 0 Å². The Kier molecular flexibility index (Phi) is 5.17. The first kappa shape index (κ1) is 15.1. The lowest BCUT2D eigenvalue weighted by atomic mass is 9.88. The molecule has 94 valence electrons. The van der Waals surface area contributed by atoms with Crippen LogP contribution in [0, 0.1) is 10.8 Å². The SMILES string of the molecule is CN(CC(C)(C)CC=O)C(=O)CC(C)(C)C. The Labute approximate surface area is 99.2 Å². The van der Waals surface area contributed by atoms with E-state index < -0.39 is 0 Å². The quantitative estimate of drug-likeness (QED) is 0.677. The first-order valence-electron chi connectivity index (χ1n) is 5.75. The van der Waals surface area contributed by atoms with Gasteiger partial charge in [-0.15, -0.1) is 0 Å². The molecular weight excluding hydrogens is 202 g/mol. The molecule has 0 saturated heterocycles. The molecule has 0 bridgehead atoms. The average molecular weight is 227 g/mol. The number of nitrogens with zero attached hydrogens (tertiary/aromatic N) is 1. The van der Waals surface area contributed by atoms with Crippen molar-refractivity contribution < 1.29 is 9.59 Å². The van der Waals surface area contributed by atoms with Crippen molar-refractivity contribution in [3.63, 3.8) is 0 Å². The minimum absolute atomic E-state index is 0.0140. The summed E-state index contributed by atoms with van der Waals surface area (Å²) in [7, 11) is 1.81. The summed E-state index contributed by atoms with van der Waals surface area (Å²) in [4.78, 5) is 24.1. The van der Waals surface area contributed by atoms with Crippen LogP contribution >= 0.6 is 0 Å². The Morgan fingerprint density at radius 2 is 1.69 bits per heavy atom. The molecule has 0 N–H and O–H groups in total. The second-order valence-corrected chi connectivity index (χ2v) is 6.52. The molecule has 0 aromatic carbocycles. The molecule has 0 aliphatic rings. The van der Waals surface area contributed by atoms with Gasteiger partial charge in [0.15, 0.2) is 0 Å². The normalized spacial score (nSPS) is 12.4. The van der Waals surface area contributed by atoms with Crippen LogP contribution in [0.25, 0.3) is 0 Å². The number of hydrogen-bond donors (Lipinski definition) is 0. The highest BCUT2D eigenvalue weighted by Crippen LogP contribution is 2.23. The molecule has 0 atom stereocenters. The molecule has 0 heterocycles. The maximum Gasteiger partial charge on any atom is 0.222 e. The third-order valence-electron chi connectivity index (χ3n) is 2.41. The second-order valence-electron chi connectivity index (χ2n) is 6.52. The molecule has 0 unspecified atom stereocenters. The van der Waals surface area contributed by atoms with E-state index in [1.165, 1.54) is 0 Å². The van der Waals surface area contributed by atoms with Gasteiger partial charge in [0.2, 0.25) is 5.91 Å². The highest BCUT2D eigenvalue weighted by Gasteiger charge is 2.24. The highest BCUT2D eigenvalue weighted by molar-refractivity contribution is 5.76. The van der Waals surface area contributed by atoms with Crippen LogP contribution in [0.3, 0.4) is 0 Å². The molecule has 0 saturated carbocycles. The fraction of sp³-hybridized carbons (Fsp3) is 0.846. The van der Waals surface area contributed by atoms with Gasteiger partial charge in [-0.1, -0.05) is 34.6 Å². The van der Waals surface area contributed by atoms with E-state index in [0.29, 0.717) is 19.4 Å². The second kappa shape index (κ2) is 5.46. The van der Waals surface area contributed by atoms with E-state index in [2.05, 4.69) is 20.8 Å². The highest BCUT2D eigenvalue weighted by atomic mass is 16.2. The van der Waals surface area contributed by atoms with Crippen LogP contribution in [0.4, 0.5) is 0 Å². The summed E-state index contributed by atoms with van der Waals surface area (Å²) >= 11 is 0. The number of carbonyl (C=O) groups is 2. The Morgan fingerprint density at radius 3 is 2.06 bits per heavy atom. The smallest absolute Gasteiger partial charge is 0.222 e. The molecule has 3 heteroatoms. The number of rotatable bonds is 5. The molecule has 0 spiro atoms. The predicted octanol–water partition coefficient (Wildman–Crippen LogP) is 2.50. The average Bonchev–Trinajstić information content (AvgIpc) is 1.99. The summed E-state index contributed by atoms with van der Waals surface area (Å²) in [6.07, 6.45) is 1.95. The molecule has 16 heavy (non-hydrogen) atoms. The lowest BCUT2D eigenvalue weighted by Gasteiger charge is -2.30. The molecule has 0 radical (unpaired) electrons. The van der Waals surface area contributed by atoms with E-state index in [-0.39, 0.29) is 16.7 Å². The molecule has 0 aromatic rings. The number of carbonyl (C=O) groups excluding carboxylic acids is 2. The van der Waals surface area contributed by atoms with Gasteiger partial charge in [0.25, 0.3) is 0 Å². The van der Waals surface area contributed by atoms with E-state index in [9.17, 15) is 9.59 Å². The lowest BCUT2D eigenvalue weighted by molar-refractivity contribution is -0.133. The zero-order valence-electron chi connectivity index (χ0n) is 11.5. The maximum absolute atomic E-state index is 11.9. The fourth-order valence-electron chi connectivity index (χ4n) is 1.61. The minimum Gasteiger partial charge on any atom is -0.345 e. The van der Waals surface area contributed by atoms with Gasteiger partial charge < -0.3 is 9.69 Å². The summed E-state index contributed by atoms with van der Waals surface area (Å²) in [5, 5.41) is 0. The molecular formula is C13H25NO2. The number of amides is 1. The van der Waals surface area contributed by atoms with Crippen LogP contribution in [0.5, 0.6) is 0 Å². The van der Waals surface area contributed by atoms with E-state index in [1.54, 1.807) is 11.9 Å². The number of hydrogen-bond acceptors (Lipinski definition) is 2. The molecule has 0 aliphatic heterocycles. The zero-order valence-corrected chi connectivity index (χ0v) is 11.5. The van der Waals surface area contributed by atoms with Crippen LogP contribution in [0.15, 0.2) is 0 Å². The third kappa shape index (κ3) is 6.59. The molecule has 0 rings (SSSR count). The van der Waals surface area contributed by atoms with Crippen molar-refractivity contribution in [3.8, 4) is 0 Å². The Morgan fingerprint density at radius 1 is 1.19 bits per heavy atom. The van der Waals surface area contributed by atoms with Crippen LogP contribution in [-0.2, 0) is 9.59 Å². The molecule has 0 aliphatic carbocycles. The fourth-order valence-corrected chi connectivity index (χ4v) is 1.61. The van der Waals surface area contributed by atoms with Gasteiger partial charge >= 0.3 is 0 Å². The first-order chi connectivity index (χ1) is 7.07. The first-order valence-corrected chi connectivity index (χ1v) is 5.75. The van der Waals surface area contributed by atoms with Crippen LogP contribution < -0.4 is 0 Å². The van der Waals surface area contributed by atoms with Crippen LogP contribution in [0.2, 0.25) is 0 Å². The Balaban J connectivity index is 4.30. The van der Waals surface area contributed by atoms with Crippen molar-refractivity contribution >= 4 is 12.2 Å². The standard InChI is InChI=1S/C13H25NO2/c1-12(2,3)9-11(16)14(6)10-13(4,5)7-8-15/h8H,7,9-10H2,1-6H3. The van der Waals surface area contributed by atoms with Gasteiger partial charge in [0.1, 0.15) is 6.29 Å². The Hall–Kier alpha value is -0.860. The molecule has 3 nitrogen and oxygen atoms in total. The van der Waals surface area contributed by atoms with E-state index in [0.717, 1.165) is 6.29 Å². The van der Waals surface area contributed by atoms with Gasteiger partial charge in [0, 0.05) is 26.4 Å². The van der Waals surface area contributed by atoms with Crippen molar-refractivity contribution in [2.45, 2.75) is 47.5 Å². The van der Waals surface area contributed by atoms with Crippen LogP contribution in [-0.4, -0.2) is 30.7 Å². The largest absolute Gasteiger partial charge is 0.345 e. The van der Waals surface area contributed by atoms with Gasteiger partial charge in [-0.2, -0.15) is 0 Å². The summed E-state index contributed by atoms with van der Waals surface area (Å²) in [6, 6.07) is 0. The minimum atomic E-state index is -0.135. The van der Waals surface area contributed by atoms with Crippen molar-refractivity contribution in [2.75, 3.05) is 13.6 Å². The van der Waals surface area contributed by atoms with E-state index >= 15 is 0 Å². The maximum atomic E-state index is 11.9.